The number of rotatable bonds is 1. The van der Waals surface area contributed by atoms with Crippen LogP contribution in [-0.2, 0) is 0 Å². The van der Waals surface area contributed by atoms with Crippen LogP contribution in [0.25, 0.3) is 0 Å². The van der Waals surface area contributed by atoms with Gasteiger partial charge in [0.15, 0.2) is 5.60 Å². The van der Waals surface area contributed by atoms with Crippen LogP contribution in [0.2, 0.25) is 0 Å². The molecule has 0 spiro atoms. The van der Waals surface area contributed by atoms with Crippen molar-refractivity contribution in [1.29, 1.82) is 0 Å². The van der Waals surface area contributed by atoms with Crippen molar-refractivity contribution in [2.75, 3.05) is 13.1 Å². The number of aliphatic hydroxyl groups is 1. The fourth-order valence-electron chi connectivity index (χ4n) is 2.17. The molecule has 20 heavy (non-hydrogen) atoms. The Labute approximate surface area is 112 Å². The molecular weight excluding hydrogens is 278 g/mol. The Morgan fingerprint density at radius 2 is 1.85 bits per heavy atom. The number of likely N-dealkylation sites (tertiary alicyclic amines) is 1. The summed E-state index contributed by atoms with van der Waals surface area (Å²) in [6, 6.07) is 4.97. The van der Waals surface area contributed by atoms with Crippen molar-refractivity contribution >= 4 is 5.91 Å². The number of carbonyl (C=O) groups is 1. The van der Waals surface area contributed by atoms with Gasteiger partial charge in [-0.25, -0.2) is 4.39 Å². The van der Waals surface area contributed by atoms with Crippen molar-refractivity contribution in [2.24, 2.45) is 0 Å². The highest BCUT2D eigenvalue weighted by atomic mass is 19.4. The molecule has 0 unspecified atom stereocenters. The van der Waals surface area contributed by atoms with Crippen molar-refractivity contribution in [3.8, 4) is 0 Å². The first-order valence-electron chi connectivity index (χ1n) is 6.07. The molecular formula is C13H13F4NO2. The highest BCUT2D eigenvalue weighted by molar-refractivity contribution is 5.94. The van der Waals surface area contributed by atoms with E-state index in [2.05, 4.69) is 0 Å². The summed E-state index contributed by atoms with van der Waals surface area (Å²) >= 11 is 0. The van der Waals surface area contributed by atoms with E-state index >= 15 is 0 Å². The number of benzene rings is 1. The molecule has 2 rings (SSSR count). The average molecular weight is 291 g/mol. The van der Waals surface area contributed by atoms with Crippen molar-refractivity contribution in [3.05, 3.63) is 35.6 Å². The van der Waals surface area contributed by atoms with Crippen LogP contribution in [0.15, 0.2) is 24.3 Å². The SMILES string of the molecule is O=C(c1cccc(F)c1)N1CCC(O)(C(F)(F)F)CC1. The van der Waals surface area contributed by atoms with Gasteiger partial charge in [-0.05, 0) is 18.2 Å². The Morgan fingerprint density at radius 1 is 1.25 bits per heavy atom. The van der Waals surface area contributed by atoms with Crippen LogP contribution in [0.3, 0.4) is 0 Å². The summed E-state index contributed by atoms with van der Waals surface area (Å²) in [6.07, 6.45) is -5.85. The molecule has 1 N–H and O–H groups in total. The maximum absolute atomic E-state index is 13.0. The molecule has 1 heterocycles. The molecule has 3 nitrogen and oxygen atoms in total. The number of carbonyl (C=O) groups excluding carboxylic acids is 1. The third-order valence-corrected chi connectivity index (χ3v) is 3.48. The number of hydrogen-bond acceptors (Lipinski definition) is 2. The second kappa shape index (κ2) is 5.05. The molecule has 1 aromatic rings. The average Bonchev–Trinajstić information content (AvgIpc) is 2.37. The maximum atomic E-state index is 13.0. The van der Waals surface area contributed by atoms with Gasteiger partial charge in [-0.1, -0.05) is 6.07 Å². The lowest BCUT2D eigenvalue weighted by atomic mass is 9.90. The third-order valence-electron chi connectivity index (χ3n) is 3.48. The molecule has 1 amide bonds. The lowest BCUT2D eigenvalue weighted by Gasteiger charge is -2.39. The van der Waals surface area contributed by atoms with E-state index in [0.717, 1.165) is 6.07 Å². The molecule has 0 radical (unpaired) electrons. The Morgan fingerprint density at radius 3 is 2.35 bits per heavy atom. The zero-order valence-corrected chi connectivity index (χ0v) is 10.5. The van der Waals surface area contributed by atoms with Crippen LogP contribution < -0.4 is 0 Å². The summed E-state index contributed by atoms with van der Waals surface area (Å²) in [4.78, 5) is 13.2. The fourth-order valence-corrected chi connectivity index (χ4v) is 2.17. The van der Waals surface area contributed by atoms with E-state index < -0.39 is 36.3 Å². The molecule has 1 saturated heterocycles. The summed E-state index contributed by atoms with van der Waals surface area (Å²) < 4.78 is 50.9. The lowest BCUT2D eigenvalue weighted by molar-refractivity contribution is -0.271. The quantitative estimate of drug-likeness (QED) is 0.807. The van der Waals surface area contributed by atoms with Gasteiger partial charge < -0.3 is 10.0 Å². The van der Waals surface area contributed by atoms with Crippen molar-refractivity contribution in [2.45, 2.75) is 24.6 Å². The molecule has 0 atom stereocenters. The summed E-state index contributed by atoms with van der Waals surface area (Å²) in [6.45, 7) is -0.434. The number of halogens is 4. The van der Waals surface area contributed by atoms with Crippen LogP contribution >= 0.6 is 0 Å². The highest BCUT2D eigenvalue weighted by Gasteiger charge is 2.54. The first-order valence-corrected chi connectivity index (χ1v) is 6.07. The number of nitrogens with zero attached hydrogens (tertiary/aromatic N) is 1. The smallest absolute Gasteiger partial charge is 0.380 e. The second-order valence-corrected chi connectivity index (χ2v) is 4.83. The van der Waals surface area contributed by atoms with E-state index in [9.17, 15) is 27.5 Å². The Hall–Kier alpha value is -1.63. The van der Waals surface area contributed by atoms with Gasteiger partial charge in [-0.3, -0.25) is 4.79 Å². The largest absolute Gasteiger partial charge is 0.417 e. The van der Waals surface area contributed by atoms with Gasteiger partial charge in [-0.2, -0.15) is 13.2 Å². The summed E-state index contributed by atoms with van der Waals surface area (Å²) in [5, 5.41) is 9.50. The lowest BCUT2D eigenvalue weighted by Crippen LogP contribution is -2.54. The van der Waals surface area contributed by atoms with Gasteiger partial charge in [0.05, 0.1) is 0 Å². The van der Waals surface area contributed by atoms with Crippen LogP contribution in [-0.4, -0.2) is 40.8 Å². The van der Waals surface area contributed by atoms with Crippen LogP contribution in [0.1, 0.15) is 23.2 Å². The number of amides is 1. The highest BCUT2D eigenvalue weighted by Crippen LogP contribution is 2.38. The molecule has 1 aliphatic heterocycles. The van der Waals surface area contributed by atoms with E-state index in [0.29, 0.717) is 0 Å². The van der Waals surface area contributed by atoms with E-state index in [1.807, 2.05) is 0 Å². The predicted molar refractivity (Wildman–Crippen MR) is 62.5 cm³/mol. The Bertz CT molecular complexity index is 507. The minimum atomic E-state index is -4.71. The Balaban J connectivity index is 2.06. The zero-order chi connectivity index (χ0) is 15.0. The van der Waals surface area contributed by atoms with Gasteiger partial charge in [0.2, 0.25) is 0 Å². The summed E-state index contributed by atoms with van der Waals surface area (Å²) in [5.41, 5.74) is -2.66. The molecule has 0 bridgehead atoms. The van der Waals surface area contributed by atoms with Crippen molar-refractivity contribution in [3.63, 3.8) is 0 Å². The predicted octanol–water partition coefficient (Wildman–Crippen LogP) is 2.36. The molecule has 1 fully saturated rings. The third kappa shape index (κ3) is 2.77. The molecule has 1 aromatic carbocycles. The van der Waals surface area contributed by atoms with E-state index in [-0.39, 0.29) is 18.7 Å². The topological polar surface area (TPSA) is 40.5 Å². The molecule has 0 aromatic heterocycles. The van der Waals surface area contributed by atoms with Crippen molar-refractivity contribution in [1.82, 2.24) is 4.90 Å². The van der Waals surface area contributed by atoms with Crippen LogP contribution in [0.4, 0.5) is 17.6 Å². The minimum Gasteiger partial charge on any atom is -0.380 e. The molecule has 7 heteroatoms. The van der Waals surface area contributed by atoms with Crippen LogP contribution in [0, 0.1) is 5.82 Å². The Kier molecular flexibility index (Phi) is 3.73. The number of alkyl halides is 3. The normalized spacial score (nSPS) is 18.9. The van der Waals surface area contributed by atoms with Crippen LogP contribution in [0.5, 0.6) is 0 Å². The molecule has 110 valence electrons. The molecule has 0 aliphatic carbocycles. The summed E-state index contributed by atoms with van der Waals surface area (Å²) in [7, 11) is 0. The minimum absolute atomic E-state index is 0.0856. The van der Waals surface area contributed by atoms with Crippen molar-refractivity contribution < 1.29 is 27.5 Å². The number of hydrogen-bond donors (Lipinski definition) is 1. The van der Waals surface area contributed by atoms with Gasteiger partial charge in [0.25, 0.3) is 5.91 Å². The standard InChI is InChI=1S/C13H13F4NO2/c14-10-3-1-2-9(8-10)11(19)18-6-4-12(20,5-7-18)13(15,16)17/h1-3,8,20H,4-7H2. The second-order valence-electron chi connectivity index (χ2n) is 4.83. The zero-order valence-electron chi connectivity index (χ0n) is 10.5. The van der Waals surface area contributed by atoms with Gasteiger partial charge in [0, 0.05) is 31.5 Å². The molecule has 0 saturated carbocycles. The first kappa shape index (κ1) is 14.8. The monoisotopic (exact) mass is 291 g/mol. The van der Waals surface area contributed by atoms with Gasteiger partial charge >= 0.3 is 6.18 Å². The fraction of sp³-hybridized carbons (Fsp3) is 0.462. The van der Waals surface area contributed by atoms with E-state index in [4.69, 9.17) is 0 Å². The number of piperidine rings is 1. The first-order chi connectivity index (χ1) is 9.23. The summed E-state index contributed by atoms with van der Waals surface area (Å²) in [5.74, 6) is -1.12. The van der Waals surface area contributed by atoms with E-state index in [1.165, 1.54) is 23.1 Å². The van der Waals surface area contributed by atoms with Gasteiger partial charge in [-0.15, -0.1) is 0 Å². The van der Waals surface area contributed by atoms with E-state index in [1.54, 1.807) is 0 Å². The van der Waals surface area contributed by atoms with Gasteiger partial charge in [0.1, 0.15) is 5.82 Å². The molecule has 1 aliphatic rings. The maximum Gasteiger partial charge on any atom is 0.417 e.